The van der Waals surface area contributed by atoms with E-state index in [0.29, 0.717) is 24.7 Å². The maximum absolute atomic E-state index is 12.3. The number of halogens is 4. The Morgan fingerprint density at radius 3 is 2.18 bits per heavy atom. The first-order valence-corrected chi connectivity index (χ1v) is 5.11. The van der Waals surface area contributed by atoms with E-state index >= 15 is 0 Å². The first-order valence-electron chi connectivity index (χ1n) is 5.11. The lowest BCUT2D eigenvalue weighted by Gasteiger charge is -2.08. The maximum Gasteiger partial charge on any atom is 0.416 e. The first-order chi connectivity index (χ1) is 7.97. The molecular weight excluding hydrogens is 234 g/mol. The summed E-state index contributed by atoms with van der Waals surface area (Å²) in [5, 5.41) is 0. The number of rotatable bonds is 4. The highest BCUT2D eigenvalue weighted by atomic mass is 19.4. The molecule has 0 bridgehead atoms. The number of aryl methyl sites for hydroxylation is 1. The minimum Gasteiger partial charge on any atom is -0.327 e. The Bertz CT molecular complexity index is 378. The van der Waals surface area contributed by atoms with Crippen LogP contribution < -0.4 is 5.73 Å². The highest BCUT2D eigenvalue weighted by Crippen LogP contribution is 2.29. The molecule has 5 heteroatoms. The Morgan fingerprint density at radius 1 is 1.18 bits per heavy atom. The Labute approximate surface area is 96.9 Å². The topological polar surface area (TPSA) is 26.0 Å². The van der Waals surface area contributed by atoms with Crippen molar-refractivity contribution >= 4 is 0 Å². The van der Waals surface area contributed by atoms with Crippen LogP contribution in [-0.2, 0) is 12.6 Å². The summed E-state index contributed by atoms with van der Waals surface area (Å²) in [4.78, 5) is 0. The summed E-state index contributed by atoms with van der Waals surface area (Å²) in [5.74, 6) is 0. The van der Waals surface area contributed by atoms with Gasteiger partial charge in [-0.2, -0.15) is 13.2 Å². The highest BCUT2D eigenvalue weighted by molar-refractivity contribution is 5.25. The summed E-state index contributed by atoms with van der Waals surface area (Å²) in [6.07, 6.45) is -2.98. The van der Waals surface area contributed by atoms with Crippen LogP contribution >= 0.6 is 0 Å². The van der Waals surface area contributed by atoms with Gasteiger partial charge in [-0.1, -0.05) is 12.1 Å². The van der Waals surface area contributed by atoms with Crippen molar-refractivity contribution in [2.75, 3.05) is 6.54 Å². The van der Waals surface area contributed by atoms with E-state index in [0.717, 1.165) is 17.7 Å². The molecule has 0 fully saturated rings. The summed E-state index contributed by atoms with van der Waals surface area (Å²) < 4.78 is 49.0. The molecule has 0 aliphatic heterocycles. The summed E-state index contributed by atoms with van der Waals surface area (Å²) in [6.45, 7) is 0.122. The van der Waals surface area contributed by atoms with Gasteiger partial charge in [0.2, 0.25) is 0 Å². The molecule has 0 radical (unpaired) electrons. The molecule has 0 spiro atoms. The molecule has 17 heavy (non-hydrogen) atoms. The van der Waals surface area contributed by atoms with Crippen LogP contribution in [0.15, 0.2) is 36.2 Å². The predicted molar refractivity (Wildman–Crippen MR) is 58.0 cm³/mol. The van der Waals surface area contributed by atoms with Crippen LogP contribution in [-0.4, -0.2) is 6.54 Å². The number of hydrogen-bond donors (Lipinski definition) is 1. The van der Waals surface area contributed by atoms with Gasteiger partial charge in [-0.3, -0.25) is 0 Å². The third-order valence-electron chi connectivity index (χ3n) is 2.43. The van der Waals surface area contributed by atoms with E-state index in [1.165, 1.54) is 12.1 Å². The maximum atomic E-state index is 12.3. The lowest BCUT2D eigenvalue weighted by atomic mass is 10.0. The smallest absolute Gasteiger partial charge is 0.327 e. The van der Waals surface area contributed by atoms with E-state index in [9.17, 15) is 17.6 Å². The second-order valence-corrected chi connectivity index (χ2v) is 3.67. The van der Waals surface area contributed by atoms with Crippen molar-refractivity contribution in [3.8, 4) is 0 Å². The summed E-state index contributed by atoms with van der Waals surface area (Å²) in [6, 6.07) is 4.84. The zero-order valence-electron chi connectivity index (χ0n) is 9.10. The molecule has 0 aliphatic rings. The van der Waals surface area contributed by atoms with Gasteiger partial charge in [-0.05, 0) is 36.1 Å². The van der Waals surface area contributed by atoms with Crippen molar-refractivity contribution in [2.45, 2.75) is 19.0 Å². The fourth-order valence-electron chi connectivity index (χ4n) is 1.37. The lowest BCUT2D eigenvalue weighted by molar-refractivity contribution is -0.137. The number of benzene rings is 1. The summed E-state index contributed by atoms with van der Waals surface area (Å²) >= 11 is 0. The van der Waals surface area contributed by atoms with Crippen LogP contribution in [0.25, 0.3) is 0 Å². The first kappa shape index (κ1) is 13.7. The molecule has 0 amide bonds. The third kappa shape index (κ3) is 4.19. The second-order valence-electron chi connectivity index (χ2n) is 3.67. The zero-order valence-corrected chi connectivity index (χ0v) is 9.10. The monoisotopic (exact) mass is 247 g/mol. The Hall–Kier alpha value is -1.36. The van der Waals surface area contributed by atoms with Crippen LogP contribution in [0.4, 0.5) is 17.6 Å². The van der Waals surface area contributed by atoms with Crippen LogP contribution in [0.3, 0.4) is 0 Å². The zero-order chi connectivity index (χ0) is 12.9. The highest BCUT2D eigenvalue weighted by Gasteiger charge is 2.29. The van der Waals surface area contributed by atoms with Gasteiger partial charge >= 0.3 is 6.18 Å². The minimum absolute atomic E-state index is 0.122. The molecule has 0 heterocycles. The van der Waals surface area contributed by atoms with E-state index in [4.69, 9.17) is 5.73 Å². The van der Waals surface area contributed by atoms with Gasteiger partial charge < -0.3 is 5.73 Å². The normalized spacial score (nSPS) is 12.9. The standard InChI is InChI=1S/C12H13F4N/c13-7-10(8-17)2-1-9-3-5-11(6-4-9)12(14,15)16/h3-7H,1-2,8,17H2/b10-7+. The van der Waals surface area contributed by atoms with Crippen LogP contribution in [0.5, 0.6) is 0 Å². The molecule has 1 aromatic rings. The molecular formula is C12H13F4N. The van der Waals surface area contributed by atoms with Crippen molar-refractivity contribution in [1.82, 2.24) is 0 Å². The minimum atomic E-state index is -4.32. The van der Waals surface area contributed by atoms with Crippen LogP contribution in [0, 0.1) is 0 Å². The molecule has 0 aromatic heterocycles. The Balaban J connectivity index is 2.63. The van der Waals surface area contributed by atoms with Gasteiger partial charge in [0, 0.05) is 6.54 Å². The van der Waals surface area contributed by atoms with E-state index < -0.39 is 11.7 Å². The van der Waals surface area contributed by atoms with Crippen molar-refractivity contribution in [3.05, 3.63) is 47.3 Å². The molecule has 0 aliphatic carbocycles. The third-order valence-corrected chi connectivity index (χ3v) is 2.43. The molecule has 0 saturated carbocycles. The summed E-state index contributed by atoms with van der Waals surface area (Å²) in [5.41, 5.74) is 5.77. The second kappa shape index (κ2) is 5.82. The van der Waals surface area contributed by atoms with Crippen molar-refractivity contribution < 1.29 is 17.6 Å². The molecule has 1 aromatic carbocycles. The molecule has 0 unspecified atom stereocenters. The van der Waals surface area contributed by atoms with Crippen LogP contribution in [0.1, 0.15) is 17.5 Å². The van der Waals surface area contributed by atoms with E-state index in [1.807, 2.05) is 0 Å². The van der Waals surface area contributed by atoms with Crippen molar-refractivity contribution in [2.24, 2.45) is 5.73 Å². The van der Waals surface area contributed by atoms with Crippen molar-refractivity contribution in [3.63, 3.8) is 0 Å². The molecule has 94 valence electrons. The van der Waals surface area contributed by atoms with Gasteiger partial charge in [0.15, 0.2) is 0 Å². The van der Waals surface area contributed by atoms with Gasteiger partial charge in [0.25, 0.3) is 0 Å². The fourth-order valence-corrected chi connectivity index (χ4v) is 1.37. The van der Waals surface area contributed by atoms with E-state index in [-0.39, 0.29) is 6.54 Å². The SMILES string of the molecule is NC/C(=C/F)CCc1ccc(C(F)(F)F)cc1. The molecule has 0 atom stereocenters. The van der Waals surface area contributed by atoms with Crippen molar-refractivity contribution in [1.29, 1.82) is 0 Å². The Kier molecular flexibility index (Phi) is 4.69. The van der Waals surface area contributed by atoms with Crippen LogP contribution in [0.2, 0.25) is 0 Å². The molecule has 0 saturated heterocycles. The van der Waals surface area contributed by atoms with E-state index in [2.05, 4.69) is 0 Å². The van der Waals surface area contributed by atoms with Gasteiger partial charge in [-0.25, -0.2) is 4.39 Å². The van der Waals surface area contributed by atoms with Gasteiger partial charge in [-0.15, -0.1) is 0 Å². The fraction of sp³-hybridized carbons (Fsp3) is 0.333. The number of hydrogen-bond acceptors (Lipinski definition) is 1. The predicted octanol–water partition coefficient (Wildman–Crippen LogP) is 3.45. The number of alkyl halides is 3. The quantitative estimate of drug-likeness (QED) is 0.810. The average molecular weight is 247 g/mol. The Morgan fingerprint density at radius 2 is 1.76 bits per heavy atom. The molecule has 1 rings (SSSR count). The number of nitrogens with two attached hydrogens (primary N) is 1. The lowest BCUT2D eigenvalue weighted by Crippen LogP contribution is -2.05. The average Bonchev–Trinajstić information content (AvgIpc) is 2.30. The summed E-state index contributed by atoms with van der Waals surface area (Å²) in [7, 11) is 0. The van der Waals surface area contributed by atoms with E-state index in [1.54, 1.807) is 0 Å². The molecule has 2 N–H and O–H groups in total. The molecule has 1 nitrogen and oxygen atoms in total. The largest absolute Gasteiger partial charge is 0.416 e. The van der Waals surface area contributed by atoms with Gasteiger partial charge in [0.1, 0.15) is 0 Å². The van der Waals surface area contributed by atoms with Gasteiger partial charge in [0.05, 0.1) is 11.9 Å².